The van der Waals surface area contributed by atoms with Crippen LogP contribution in [-0.4, -0.2) is 34.7 Å². The SMILES string of the molecule is CC1CCC(CO)(NC(C)C(=O)NC(C)(C)C)CC1. The van der Waals surface area contributed by atoms with Gasteiger partial charge in [-0.05, 0) is 59.3 Å². The third-order valence-corrected chi connectivity index (χ3v) is 3.95. The fourth-order valence-electron chi connectivity index (χ4n) is 2.67. The van der Waals surface area contributed by atoms with Gasteiger partial charge in [-0.1, -0.05) is 6.92 Å². The first-order valence-electron chi connectivity index (χ1n) is 7.38. The Kier molecular flexibility index (Phi) is 5.39. The summed E-state index contributed by atoms with van der Waals surface area (Å²) >= 11 is 0. The van der Waals surface area contributed by atoms with Crippen LogP contribution in [0.25, 0.3) is 0 Å². The fraction of sp³-hybridized carbons (Fsp3) is 0.933. The zero-order chi connectivity index (χ0) is 14.7. The Morgan fingerprint density at radius 3 is 2.32 bits per heavy atom. The van der Waals surface area contributed by atoms with Crippen molar-refractivity contribution in [3.05, 3.63) is 0 Å². The van der Waals surface area contributed by atoms with Gasteiger partial charge >= 0.3 is 0 Å². The molecule has 0 aromatic rings. The van der Waals surface area contributed by atoms with Crippen LogP contribution in [0.4, 0.5) is 0 Å². The normalized spacial score (nSPS) is 29.9. The van der Waals surface area contributed by atoms with Crippen molar-refractivity contribution in [3.63, 3.8) is 0 Å². The molecule has 1 aliphatic rings. The van der Waals surface area contributed by atoms with Gasteiger partial charge in [0.2, 0.25) is 5.91 Å². The lowest BCUT2D eigenvalue weighted by atomic mass is 9.77. The van der Waals surface area contributed by atoms with Crippen LogP contribution in [0.5, 0.6) is 0 Å². The van der Waals surface area contributed by atoms with E-state index in [0.29, 0.717) is 0 Å². The summed E-state index contributed by atoms with van der Waals surface area (Å²) in [5.41, 5.74) is -0.498. The van der Waals surface area contributed by atoms with Crippen molar-refractivity contribution in [2.24, 2.45) is 5.92 Å². The Bertz CT molecular complexity index is 302. The van der Waals surface area contributed by atoms with Gasteiger partial charge in [0.25, 0.3) is 0 Å². The predicted octanol–water partition coefficient (Wildman–Crippen LogP) is 1.82. The highest BCUT2D eigenvalue weighted by Crippen LogP contribution is 2.31. The summed E-state index contributed by atoms with van der Waals surface area (Å²) in [7, 11) is 0. The van der Waals surface area contributed by atoms with E-state index >= 15 is 0 Å². The molecule has 1 amide bonds. The third kappa shape index (κ3) is 5.11. The van der Waals surface area contributed by atoms with Gasteiger partial charge in [-0.15, -0.1) is 0 Å². The Balaban J connectivity index is 2.58. The van der Waals surface area contributed by atoms with Crippen molar-refractivity contribution < 1.29 is 9.90 Å². The highest BCUT2D eigenvalue weighted by atomic mass is 16.3. The molecule has 1 saturated carbocycles. The van der Waals surface area contributed by atoms with E-state index in [4.69, 9.17) is 0 Å². The van der Waals surface area contributed by atoms with Crippen molar-refractivity contribution in [1.29, 1.82) is 0 Å². The minimum Gasteiger partial charge on any atom is -0.394 e. The molecule has 0 spiro atoms. The number of hydrogen-bond donors (Lipinski definition) is 3. The second-order valence-corrected chi connectivity index (χ2v) is 7.23. The van der Waals surface area contributed by atoms with Gasteiger partial charge in [-0.3, -0.25) is 10.1 Å². The first kappa shape index (κ1) is 16.4. The van der Waals surface area contributed by atoms with Crippen molar-refractivity contribution in [2.45, 2.75) is 77.4 Å². The summed E-state index contributed by atoms with van der Waals surface area (Å²) in [6, 6.07) is -0.278. The molecule has 112 valence electrons. The minimum atomic E-state index is -0.278. The maximum absolute atomic E-state index is 12.1. The summed E-state index contributed by atoms with van der Waals surface area (Å²) in [5, 5.41) is 16.0. The van der Waals surface area contributed by atoms with E-state index in [-0.39, 0.29) is 29.6 Å². The number of rotatable bonds is 4. The lowest BCUT2D eigenvalue weighted by Gasteiger charge is -2.41. The standard InChI is InChI=1S/C15H30N2O2/c1-11-6-8-15(10-18,9-7-11)16-12(2)13(19)17-14(3,4)5/h11-12,16,18H,6-10H2,1-5H3,(H,17,19). The van der Waals surface area contributed by atoms with Crippen molar-refractivity contribution in [2.75, 3.05) is 6.61 Å². The molecule has 4 nitrogen and oxygen atoms in total. The monoisotopic (exact) mass is 270 g/mol. The van der Waals surface area contributed by atoms with Crippen LogP contribution < -0.4 is 10.6 Å². The van der Waals surface area contributed by atoms with E-state index in [2.05, 4.69) is 17.6 Å². The van der Waals surface area contributed by atoms with Crippen molar-refractivity contribution in [3.8, 4) is 0 Å². The summed E-state index contributed by atoms with van der Waals surface area (Å²) in [6.45, 7) is 10.1. The Hall–Kier alpha value is -0.610. The van der Waals surface area contributed by atoms with Crippen LogP contribution in [0.2, 0.25) is 0 Å². The van der Waals surface area contributed by atoms with Gasteiger partial charge in [0.15, 0.2) is 0 Å². The van der Waals surface area contributed by atoms with Crippen LogP contribution in [0.1, 0.15) is 60.3 Å². The van der Waals surface area contributed by atoms with Crippen LogP contribution in [0, 0.1) is 5.92 Å². The maximum atomic E-state index is 12.1. The molecule has 0 aliphatic heterocycles. The zero-order valence-corrected chi connectivity index (χ0v) is 13.0. The molecule has 1 aliphatic carbocycles. The number of aliphatic hydroxyl groups is 1. The molecule has 0 heterocycles. The predicted molar refractivity (Wildman–Crippen MR) is 77.9 cm³/mol. The second-order valence-electron chi connectivity index (χ2n) is 7.23. The quantitative estimate of drug-likeness (QED) is 0.730. The van der Waals surface area contributed by atoms with Crippen LogP contribution in [0.15, 0.2) is 0 Å². The third-order valence-electron chi connectivity index (χ3n) is 3.95. The van der Waals surface area contributed by atoms with Gasteiger partial charge in [0.1, 0.15) is 0 Å². The van der Waals surface area contributed by atoms with E-state index < -0.39 is 0 Å². The molecular weight excluding hydrogens is 240 g/mol. The van der Waals surface area contributed by atoms with Gasteiger partial charge in [0.05, 0.1) is 12.6 Å². The fourth-order valence-corrected chi connectivity index (χ4v) is 2.67. The average Bonchev–Trinajstić information content (AvgIpc) is 2.30. The molecule has 0 aromatic heterocycles. The summed E-state index contributed by atoms with van der Waals surface area (Å²) < 4.78 is 0. The van der Waals surface area contributed by atoms with Crippen molar-refractivity contribution in [1.82, 2.24) is 10.6 Å². The molecule has 19 heavy (non-hydrogen) atoms. The molecular formula is C15H30N2O2. The minimum absolute atomic E-state index is 0.000975. The molecule has 0 aromatic carbocycles. The lowest BCUT2D eigenvalue weighted by molar-refractivity contribution is -0.125. The van der Waals surface area contributed by atoms with E-state index in [0.717, 1.165) is 31.6 Å². The number of carbonyl (C=O) groups excluding carboxylic acids is 1. The van der Waals surface area contributed by atoms with Crippen molar-refractivity contribution >= 4 is 5.91 Å². The first-order valence-corrected chi connectivity index (χ1v) is 7.38. The molecule has 4 heteroatoms. The topological polar surface area (TPSA) is 61.4 Å². The Labute approximate surface area is 117 Å². The summed E-state index contributed by atoms with van der Waals surface area (Å²) in [5.74, 6) is 0.721. The Morgan fingerprint density at radius 1 is 1.37 bits per heavy atom. The van der Waals surface area contributed by atoms with Crippen LogP contribution in [0.3, 0.4) is 0 Å². The number of hydrogen-bond acceptors (Lipinski definition) is 3. The van der Waals surface area contributed by atoms with Crippen LogP contribution >= 0.6 is 0 Å². The highest BCUT2D eigenvalue weighted by Gasteiger charge is 2.36. The highest BCUT2D eigenvalue weighted by molar-refractivity contribution is 5.82. The van der Waals surface area contributed by atoms with E-state index in [9.17, 15) is 9.90 Å². The number of amides is 1. The molecule has 3 N–H and O–H groups in total. The van der Waals surface area contributed by atoms with E-state index in [1.807, 2.05) is 27.7 Å². The average molecular weight is 270 g/mol. The smallest absolute Gasteiger partial charge is 0.237 e. The van der Waals surface area contributed by atoms with Gasteiger partial charge in [-0.25, -0.2) is 0 Å². The zero-order valence-electron chi connectivity index (χ0n) is 13.0. The number of aliphatic hydroxyl groups excluding tert-OH is 1. The molecule has 0 bridgehead atoms. The van der Waals surface area contributed by atoms with Crippen LogP contribution in [-0.2, 0) is 4.79 Å². The molecule has 1 rings (SSSR count). The van der Waals surface area contributed by atoms with Gasteiger partial charge in [0, 0.05) is 11.1 Å². The summed E-state index contributed by atoms with van der Waals surface area (Å²) in [6.07, 6.45) is 4.11. The number of nitrogens with one attached hydrogen (secondary N) is 2. The molecule has 1 unspecified atom stereocenters. The van der Waals surface area contributed by atoms with E-state index in [1.165, 1.54) is 0 Å². The maximum Gasteiger partial charge on any atom is 0.237 e. The largest absolute Gasteiger partial charge is 0.394 e. The molecule has 1 fully saturated rings. The van der Waals surface area contributed by atoms with E-state index in [1.54, 1.807) is 0 Å². The van der Waals surface area contributed by atoms with Gasteiger partial charge in [-0.2, -0.15) is 0 Å². The molecule has 1 atom stereocenters. The number of carbonyl (C=O) groups is 1. The van der Waals surface area contributed by atoms with Gasteiger partial charge < -0.3 is 10.4 Å². The second kappa shape index (κ2) is 6.23. The molecule has 0 saturated heterocycles. The first-order chi connectivity index (χ1) is 8.67. The molecule has 0 radical (unpaired) electrons. The summed E-state index contributed by atoms with van der Waals surface area (Å²) in [4.78, 5) is 12.1. The lowest BCUT2D eigenvalue weighted by Crippen LogP contribution is -2.59. The Morgan fingerprint density at radius 2 is 1.89 bits per heavy atom.